The Morgan fingerprint density at radius 1 is 0.137 bits per heavy atom. The maximum atomic E-state index is 6.30. The third-order valence-electron chi connectivity index (χ3n) is 26.1. The first-order valence-corrected chi connectivity index (χ1v) is 42.7. The van der Waals surface area contributed by atoms with Crippen LogP contribution in [0, 0.1) is 0 Å². The van der Waals surface area contributed by atoms with Crippen molar-refractivity contribution < 1.29 is 0 Å². The minimum Gasteiger partial charge on any atom is -0.311 e. The van der Waals surface area contributed by atoms with Crippen molar-refractivity contribution in [3.63, 3.8) is 0 Å². The van der Waals surface area contributed by atoms with Crippen LogP contribution in [0.3, 0.4) is 0 Å². The summed E-state index contributed by atoms with van der Waals surface area (Å²) >= 11 is 0. The van der Waals surface area contributed by atoms with Crippen LogP contribution in [0.2, 0.25) is 0 Å². The van der Waals surface area contributed by atoms with Gasteiger partial charge in [-0.15, -0.1) is 0 Å². The lowest BCUT2D eigenvalue weighted by atomic mass is 9.70. The predicted octanol–water partition coefficient (Wildman–Crippen LogP) is 30.9. The van der Waals surface area contributed by atoms with E-state index in [2.05, 4.69) is 493 Å². The summed E-state index contributed by atoms with van der Waals surface area (Å²) in [6.07, 6.45) is 0. The van der Waals surface area contributed by atoms with Crippen molar-refractivity contribution in [2.24, 2.45) is 0 Å². The molecule has 6 heteroatoms. The number of benzene rings is 19. The number of aromatic nitrogens is 2. The van der Waals surface area contributed by atoms with Crippen LogP contribution < -0.4 is 19.6 Å². The Hall–Kier alpha value is -16.3. The average molecular weight is 1580 g/mol. The molecule has 24 rings (SSSR count). The fourth-order valence-corrected chi connectivity index (χ4v) is 20.8. The molecule has 4 aliphatic rings. The Kier molecular flexibility index (Phi) is 17.0. The standard InChI is InChI=1S/C118H78N6/c1-7-31-83(32-8-1)121(84-33-9-2-10-34-84)91-65-69-93(70-66-91)123(87-39-15-5-16-40-87)89-61-55-79(56-62-89)113-114(80-57-63-90(64-58-80)124(88-41-17-6-18-42-88)94-71-67-92(68-72-94)122(85-35-11-3-12-36-85)86-37-13-4-14-38-86)120-116-96(82-60-74-104-102-48-24-30-54-110(102)118(112(104)78-82)107-51-27-21-45-99(107)100-46-22-28-52-108(100)118)76-75-95(115(116)119-113)81-59-73-103-101-47-23-29-53-109(101)117(111(103)77-81)105-49-25-19-43-97(105)98-44-20-26-50-106(98)117/h1-78H. The lowest BCUT2D eigenvalue weighted by Crippen LogP contribution is -2.25. The fraction of sp³-hybridized carbons (Fsp3) is 0.0169. The van der Waals surface area contributed by atoms with Crippen LogP contribution in [0.4, 0.5) is 68.2 Å². The highest BCUT2D eigenvalue weighted by Gasteiger charge is 2.53. The van der Waals surface area contributed by atoms with Gasteiger partial charge in [-0.3, -0.25) is 0 Å². The summed E-state index contributed by atoms with van der Waals surface area (Å²) in [5, 5.41) is 0. The molecule has 0 bridgehead atoms. The van der Waals surface area contributed by atoms with Crippen molar-refractivity contribution in [2.75, 3.05) is 19.6 Å². The summed E-state index contributed by atoms with van der Waals surface area (Å²) in [6.45, 7) is 0. The molecule has 0 radical (unpaired) electrons. The van der Waals surface area contributed by atoms with E-state index in [4.69, 9.17) is 9.97 Å². The second kappa shape index (κ2) is 29.3. The van der Waals surface area contributed by atoms with Gasteiger partial charge in [-0.05, 0) is 258 Å². The van der Waals surface area contributed by atoms with Crippen LogP contribution in [0.1, 0.15) is 44.5 Å². The first-order chi connectivity index (χ1) is 61.5. The van der Waals surface area contributed by atoms with Gasteiger partial charge >= 0.3 is 0 Å². The van der Waals surface area contributed by atoms with Gasteiger partial charge in [-0.25, -0.2) is 9.97 Å². The minimum atomic E-state index is -0.579. The molecule has 0 aliphatic heterocycles. The zero-order valence-corrected chi connectivity index (χ0v) is 67.7. The summed E-state index contributed by atoms with van der Waals surface area (Å²) in [5.41, 5.74) is 40.7. The van der Waals surface area contributed by atoms with Gasteiger partial charge < -0.3 is 19.6 Å². The molecular formula is C118H78N6. The van der Waals surface area contributed by atoms with E-state index < -0.39 is 10.8 Å². The lowest BCUT2D eigenvalue weighted by molar-refractivity contribution is 0.794. The van der Waals surface area contributed by atoms with Gasteiger partial charge in [0.15, 0.2) is 0 Å². The van der Waals surface area contributed by atoms with Crippen LogP contribution in [-0.2, 0) is 10.8 Å². The van der Waals surface area contributed by atoms with Crippen molar-refractivity contribution in [3.8, 4) is 89.3 Å². The van der Waals surface area contributed by atoms with Gasteiger partial charge in [0.2, 0.25) is 0 Å². The summed E-state index contributed by atoms with van der Waals surface area (Å²) in [7, 11) is 0. The van der Waals surface area contributed by atoms with Crippen LogP contribution in [-0.4, -0.2) is 9.97 Å². The summed E-state index contributed by atoms with van der Waals surface area (Å²) < 4.78 is 0. The fourth-order valence-electron chi connectivity index (χ4n) is 20.8. The molecule has 580 valence electrons. The number of fused-ring (bicyclic) bond motifs is 21. The quantitative estimate of drug-likeness (QED) is 0.0960. The largest absolute Gasteiger partial charge is 0.311 e. The molecule has 20 aromatic rings. The van der Waals surface area contributed by atoms with Gasteiger partial charge in [0.25, 0.3) is 0 Å². The SMILES string of the molecule is c1ccc(N(c2ccccc2)c2ccc(N(c3ccccc3)c3ccc(-c4nc5c(-c6ccc7c(c6)C6(c8ccccc8-c8ccccc86)c6ccccc6-7)ccc(-c6ccc7c(c6)C6(c8ccccc8-c8ccccc86)c6ccccc6-7)c5nc4-c4ccc(N(c5ccccc5)c5ccc(N(c6ccccc6)c6ccccc6)cc5)cc4)cc3)cc2)cc1. The molecule has 0 N–H and O–H groups in total. The van der Waals surface area contributed by atoms with Crippen LogP contribution in [0.25, 0.3) is 100 Å². The average Bonchev–Trinajstić information content (AvgIpc) is 1.51. The topological polar surface area (TPSA) is 38.7 Å². The second-order valence-corrected chi connectivity index (χ2v) is 32.6. The van der Waals surface area contributed by atoms with Gasteiger partial charge in [0.1, 0.15) is 0 Å². The highest BCUT2D eigenvalue weighted by molar-refractivity contribution is 6.06. The molecule has 6 nitrogen and oxygen atoms in total. The minimum absolute atomic E-state index is 0.579. The van der Waals surface area contributed by atoms with Gasteiger partial charge in [0.05, 0.1) is 33.3 Å². The van der Waals surface area contributed by atoms with Crippen molar-refractivity contribution in [2.45, 2.75) is 10.8 Å². The number of nitrogens with zero attached hydrogens (tertiary/aromatic N) is 6. The smallest absolute Gasteiger partial charge is 0.0979 e. The Labute approximate surface area is 721 Å². The molecule has 0 fully saturated rings. The summed E-state index contributed by atoms with van der Waals surface area (Å²) in [5.74, 6) is 0. The third-order valence-corrected chi connectivity index (χ3v) is 26.1. The molecule has 1 aromatic heterocycles. The molecule has 19 aromatic carbocycles. The van der Waals surface area contributed by atoms with Gasteiger partial charge in [-0.1, -0.05) is 315 Å². The zero-order valence-electron chi connectivity index (χ0n) is 67.7. The molecule has 0 saturated carbocycles. The van der Waals surface area contributed by atoms with E-state index >= 15 is 0 Å². The van der Waals surface area contributed by atoms with E-state index in [1.54, 1.807) is 0 Å². The number of hydrogen-bond donors (Lipinski definition) is 0. The first-order valence-electron chi connectivity index (χ1n) is 42.7. The molecule has 4 aliphatic carbocycles. The number of anilines is 12. The maximum Gasteiger partial charge on any atom is 0.0979 e. The van der Waals surface area contributed by atoms with Gasteiger partial charge in [-0.2, -0.15) is 0 Å². The lowest BCUT2D eigenvalue weighted by Gasteiger charge is -2.31. The van der Waals surface area contributed by atoms with E-state index in [9.17, 15) is 0 Å². The van der Waals surface area contributed by atoms with Crippen molar-refractivity contribution >= 4 is 79.3 Å². The van der Waals surface area contributed by atoms with Crippen LogP contribution >= 0.6 is 0 Å². The Bertz CT molecular complexity index is 6850. The predicted molar refractivity (Wildman–Crippen MR) is 513 cm³/mol. The molecule has 124 heavy (non-hydrogen) atoms. The molecule has 2 spiro atoms. The van der Waals surface area contributed by atoms with Crippen LogP contribution in [0.15, 0.2) is 473 Å². The molecular weight excluding hydrogens is 1500 g/mol. The first kappa shape index (κ1) is 71.8. The monoisotopic (exact) mass is 1580 g/mol. The molecule has 0 amide bonds. The van der Waals surface area contributed by atoms with Crippen molar-refractivity contribution in [1.82, 2.24) is 9.97 Å². The van der Waals surface area contributed by atoms with Crippen molar-refractivity contribution in [3.05, 3.63) is 518 Å². The molecule has 0 unspecified atom stereocenters. The second-order valence-electron chi connectivity index (χ2n) is 32.6. The molecule has 0 atom stereocenters. The summed E-state index contributed by atoms with van der Waals surface area (Å²) in [4.78, 5) is 21.9. The van der Waals surface area contributed by atoms with E-state index in [1.807, 2.05) is 0 Å². The van der Waals surface area contributed by atoms with Crippen LogP contribution in [0.5, 0.6) is 0 Å². The van der Waals surface area contributed by atoms with E-state index in [-0.39, 0.29) is 0 Å². The molecule has 1 heterocycles. The van der Waals surface area contributed by atoms with Crippen molar-refractivity contribution in [1.29, 1.82) is 0 Å². The highest BCUT2D eigenvalue weighted by Crippen LogP contribution is 2.66. The Morgan fingerprint density at radius 3 is 0.532 bits per heavy atom. The number of para-hydroxylation sites is 6. The maximum absolute atomic E-state index is 6.30. The molecule has 0 saturated heterocycles. The Morgan fingerprint density at radius 2 is 0.306 bits per heavy atom. The normalized spacial score (nSPS) is 12.8. The highest BCUT2D eigenvalue weighted by atomic mass is 15.2. The zero-order chi connectivity index (χ0) is 81.8. The van der Waals surface area contributed by atoms with Gasteiger partial charge in [0, 0.05) is 90.5 Å². The third kappa shape index (κ3) is 11.3. The van der Waals surface area contributed by atoms with E-state index in [1.165, 1.54) is 89.0 Å². The van der Waals surface area contributed by atoms with E-state index in [0.29, 0.717) is 0 Å². The Balaban J connectivity index is 0.721. The summed E-state index contributed by atoms with van der Waals surface area (Å²) in [6, 6.07) is 173. The number of rotatable bonds is 16. The van der Waals surface area contributed by atoms with E-state index in [0.717, 1.165) is 124 Å². The number of hydrogen-bond acceptors (Lipinski definition) is 6.